The second kappa shape index (κ2) is 5.03. The van der Waals surface area contributed by atoms with Crippen LogP contribution in [0.25, 0.3) is 0 Å². The molecule has 0 aliphatic heterocycles. The number of aromatic nitrogens is 4. The van der Waals surface area contributed by atoms with Gasteiger partial charge in [-0.25, -0.2) is 0 Å². The van der Waals surface area contributed by atoms with Crippen LogP contribution in [-0.2, 0) is 13.5 Å². The van der Waals surface area contributed by atoms with E-state index in [4.69, 9.17) is 0 Å². The fourth-order valence-electron chi connectivity index (χ4n) is 1.96. The van der Waals surface area contributed by atoms with Crippen LogP contribution in [0, 0.1) is 13.8 Å². The van der Waals surface area contributed by atoms with Crippen LogP contribution in [0.2, 0.25) is 0 Å². The molecular formula is C12H17N5O. The average Bonchev–Trinajstić information content (AvgIpc) is 2.93. The minimum atomic E-state index is -0.108. The van der Waals surface area contributed by atoms with Gasteiger partial charge in [-0.05, 0) is 25.8 Å². The first-order valence-electron chi connectivity index (χ1n) is 5.85. The number of carbonyl (C=O) groups excluding carboxylic acids is 1. The minimum Gasteiger partial charge on any atom is -0.352 e. The van der Waals surface area contributed by atoms with Crippen molar-refractivity contribution in [3.05, 3.63) is 34.9 Å². The fourth-order valence-corrected chi connectivity index (χ4v) is 1.96. The lowest BCUT2D eigenvalue weighted by atomic mass is 10.1. The highest BCUT2D eigenvalue weighted by molar-refractivity contribution is 5.93. The SMILES string of the molecule is Cc1nn(C)c(C)c1CCNC(=O)c1cn[nH]c1. The third-order valence-corrected chi connectivity index (χ3v) is 3.08. The van der Waals surface area contributed by atoms with E-state index >= 15 is 0 Å². The number of aromatic amines is 1. The van der Waals surface area contributed by atoms with Gasteiger partial charge in [0.05, 0.1) is 17.5 Å². The highest BCUT2D eigenvalue weighted by Crippen LogP contribution is 2.11. The maximum Gasteiger partial charge on any atom is 0.254 e. The zero-order valence-corrected chi connectivity index (χ0v) is 10.8. The van der Waals surface area contributed by atoms with Crippen molar-refractivity contribution >= 4 is 5.91 Å². The Morgan fingerprint density at radius 1 is 1.50 bits per heavy atom. The largest absolute Gasteiger partial charge is 0.352 e. The number of nitrogens with zero attached hydrogens (tertiary/aromatic N) is 3. The molecule has 0 aromatic carbocycles. The van der Waals surface area contributed by atoms with Crippen molar-refractivity contribution in [3.63, 3.8) is 0 Å². The summed E-state index contributed by atoms with van der Waals surface area (Å²) in [5, 5.41) is 13.6. The molecule has 18 heavy (non-hydrogen) atoms. The van der Waals surface area contributed by atoms with Crippen molar-refractivity contribution < 1.29 is 4.79 Å². The topological polar surface area (TPSA) is 75.6 Å². The molecule has 0 spiro atoms. The zero-order valence-electron chi connectivity index (χ0n) is 10.8. The molecule has 0 fully saturated rings. The number of carbonyl (C=O) groups is 1. The van der Waals surface area contributed by atoms with Gasteiger partial charge < -0.3 is 5.32 Å². The minimum absolute atomic E-state index is 0.108. The number of rotatable bonds is 4. The van der Waals surface area contributed by atoms with E-state index in [1.54, 1.807) is 6.20 Å². The van der Waals surface area contributed by atoms with Crippen LogP contribution < -0.4 is 5.32 Å². The van der Waals surface area contributed by atoms with E-state index in [0.29, 0.717) is 12.1 Å². The van der Waals surface area contributed by atoms with Crippen LogP contribution >= 0.6 is 0 Å². The third-order valence-electron chi connectivity index (χ3n) is 3.08. The molecule has 0 radical (unpaired) electrons. The Hall–Kier alpha value is -2.11. The summed E-state index contributed by atoms with van der Waals surface area (Å²) in [5.41, 5.74) is 3.91. The predicted molar refractivity (Wildman–Crippen MR) is 67.3 cm³/mol. The van der Waals surface area contributed by atoms with Crippen LogP contribution in [0.3, 0.4) is 0 Å². The lowest BCUT2D eigenvalue weighted by Crippen LogP contribution is -2.25. The first kappa shape index (κ1) is 12.3. The quantitative estimate of drug-likeness (QED) is 0.836. The number of H-pyrrole nitrogens is 1. The zero-order chi connectivity index (χ0) is 13.1. The van der Waals surface area contributed by atoms with E-state index in [0.717, 1.165) is 17.8 Å². The van der Waals surface area contributed by atoms with Gasteiger partial charge in [0.25, 0.3) is 5.91 Å². The lowest BCUT2D eigenvalue weighted by molar-refractivity contribution is 0.0954. The Kier molecular flexibility index (Phi) is 3.45. The Balaban J connectivity index is 1.91. The fraction of sp³-hybridized carbons (Fsp3) is 0.417. The lowest BCUT2D eigenvalue weighted by Gasteiger charge is -2.04. The van der Waals surface area contributed by atoms with Gasteiger partial charge in [0, 0.05) is 25.5 Å². The van der Waals surface area contributed by atoms with Crippen molar-refractivity contribution in [2.45, 2.75) is 20.3 Å². The second-order valence-corrected chi connectivity index (χ2v) is 4.27. The summed E-state index contributed by atoms with van der Waals surface area (Å²) in [6.45, 7) is 4.62. The highest BCUT2D eigenvalue weighted by atomic mass is 16.1. The normalized spacial score (nSPS) is 10.6. The summed E-state index contributed by atoms with van der Waals surface area (Å²) in [5.74, 6) is -0.108. The number of hydrogen-bond donors (Lipinski definition) is 2. The van der Waals surface area contributed by atoms with E-state index in [-0.39, 0.29) is 5.91 Å². The summed E-state index contributed by atoms with van der Waals surface area (Å²) >= 11 is 0. The van der Waals surface area contributed by atoms with Crippen LogP contribution in [0.4, 0.5) is 0 Å². The number of amides is 1. The predicted octanol–water partition coefficient (Wildman–Crippen LogP) is 0.733. The van der Waals surface area contributed by atoms with Gasteiger partial charge >= 0.3 is 0 Å². The molecule has 1 amide bonds. The molecule has 0 saturated heterocycles. The summed E-state index contributed by atoms with van der Waals surface area (Å²) in [4.78, 5) is 11.7. The molecule has 6 nitrogen and oxygen atoms in total. The van der Waals surface area contributed by atoms with Gasteiger partial charge in [-0.3, -0.25) is 14.6 Å². The molecule has 2 heterocycles. The Labute approximate surface area is 105 Å². The van der Waals surface area contributed by atoms with E-state index in [1.165, 1.54) is 11.8 Å². The van der Waals surface area contributed by atoms with Crippen LogP contribution in [-0.4, -0.2) is 32.4 Å². The molecule has 6 heteroatoms. The first-order valence-corrected chi connectivity index (χ1v) is 5.85. The highest BCUT2D eigenvalue weighted by Gasteiger charge is 2.10. The summed E-state index contributed by atoms with van der Waals surface area (Å²) in [7, 11) is 1.93. The van der Waals surface area contributed by atoms with Crippen LogP contribution in [0.1, 0.15) is 27.3 Å². The van der Waals surface area contributed by atoms with Gasteiger partial charge in [-0.15, -0.1) is 0 Å². The number of aryl methyl sites for hydroxylation is 2. The van der Waals surface area contributed by atoms with Gasteiger partial charge in [0.15, 0.2) is 0 Å². The summed E-state index contributed by atoms with van der Waals surface area (Å²) in [6.07, 6.45) is 3.88. The molecule has 0 unspecified atom stereocenters. The molecule has 0 saturated carbocycles. The van der Waals surface area contributed by atoms with Gasteiger partial charge in [-0.2, -0.15) is 10.2 Å². The van der Waals surface area contributed by atoms with Crippen molar-refractivity contribution in [1.29, 1.82) is 0 Å². The summed E-state index contributed by atoms with van der Waals surface area (Å²) < 4.78 is 1.86. The molecular weight excluding hydrogens is 230 g/mol. The Bertz CT molecular complexity index is 541. The maximum absolute atomic E-state index is 11.7. The Morgan fingerprint density at radius 3 is 2.83 bits per heavy atom. The van der Waals surface area contributed by atoms with Crippen molar-refractivity contribution in [1.82, 2.24) is 25.3 Å². The molecule has 0 atom stereocenters. The second-order valence-electron chi connectivity index (χ2n) is 4.27. The number of hydrogen-bond acceptors (Lipinski definition) is 3. The van der Waals surface area contributed by atoms with Crippen molar-refractivity contribution in [2.75, 3.05) is 6.54 Å². The summed E-state index contributed by atoms with van der Waals surface area (Å²) in [6, 6.07) is 0. The monoisotopic (exact) mass is 247 g/mol. The van der Waals surface area contributed by atoms with E-state index in [9.17, 15) is 4.79 Å². The average molecular weight is 247 g/mol. The van der Waals surface area contributed by atoms with E-state index in [2.05, 4.69) is 20.6 Å². The molecule has 2 aromatic heterocycles. The van der Waals surface area contributed by atoms with Crippen molar-refractivity contribution in [2.24, 2.45) is 7.05 Å². The molecule has 2 aromatic rings. The smallest absolute Gasteiger partial charge is 0.254 e. The Morgan fingerprint density at radius 2 is 2.28 bits per heavy atom. The van der Waals surface area contributed by atoms with E-state index in [1.807, 2.05) is 25.6 Å². The molecule has 2 N–H and O–H groups in total. The van der Waals surface area contributed by atoms with Crippen LogP contribution in [0.15, 0.2) is 12.4 Å². The third kappa shape index (κ3) is 2.42. The number of nitrogens with one attached hydrogen (secondary N) is 2. The first-order chi connectivity index (χ1) is 8.59. The standard InChI is InChI=1S/C12H17N5O/c1-8-11(9(2)17(3)16-8)4-5-13-12(18)10-6-14-15-7-10/h6-7H,4-5H2,1-3H3,(H,13,18)(H,14,15). The van der Waals surface area contributed by atoms with Crippen molar-refractivity contribution in [3.8, 4) is 0 Å². The maximum atomic E-state index is 11.7. The molecule has 2 rings (SSSR count). The van der Waals surface area contributed by atoms with Gasteiger partial charge in [0.1, 0.15) is 0 Å². The molecule has 0 aliphatic rings. The van der Waals surface area contributed by atoms with Gasteiger partial charge in [-0.1, -0.05) is 0 Å². The molecule has 0 aliphatic carbocycles. The van der Waals surface area contributed by atoms with Gasteiger partial charge in [0.2, 0.25) is 0 Å². The molecule has 0 bridgehead atoms. The van der Waals surface area contributed by atoms with E-state index < -0.39 is 0 Å². The van der Waals surface area contributed by atoms with Crippen LogP contribution in [0.5, 0.6) is 0 Å². The molecule has 96 valence electrons.